The first-order chi connectivity index (χ1) is 16.6. The summed E-state index contributed by atoms with van der Waals surface area (Å²) in [6, 6.07) is 10.2. The zero-order chi connectivity index (χ0) is 25.3. The van der Waals surface area contributed by atoms with Crippen molar-refractivity contribution in [3.8, 4) is 5.75 Å². The average molecular weight is 497 g/mol. The number of hydrogen-bond acceptors (Lipinski definition) is 5. The molecule has 0 aliphatic rings. The quantitative estimate of drug-likeness (QED) is 0.335. The number of ether oxygens (including phenoxy) is 1. The van der Waals surface area contributed by atoms with Crippen LogP contribution in [0.3, 0.4) is 0 Å². The maximum absolute atomic E-state index is 13.4. The molecule has 0 saturated carbocycles. The first kappa shape index (κ1) is 24.5. The third-order valence-corrected chi connectivity index (χ3v) is 6.22. The molecule has 2 aromatic carbocycles. The maximum Gasteiger partial charge on any atom is 0.278 e. The van der Waals surface area contributed by atoms with Crippen LogP contribution in [0.25, 0.3) is 0 Å². The van der Waals surface area contributed by atoms with Crippen LogP contribution in [0.15, 0.2) is 40.9 Å². The fourth-order valence-corrected chi connectivity index (χ4v) is 4.00. The van der Waals surface area contributed by atoms with Gasteiger partial charge in [-0.15, -0.1) is 0 Å². The van der Waals surface area contributed by atoms with E-state index in [2.05, 4.69) is 15.6 Å². The third kappa shape index (κ3) is 5.22. The van der Waals surface area contributed by atoms with Crippen LogP contribution in [-0.4, -0.2) is 20.8 Å². The largest absolute Gasteiger partial charge is 0.488 e. The molecule has 0 radical (unpaired) electrons. The van der Waals surface area contributed by atoms with Crippen molar-refractivity contribution < 1.29 is 18.4 Å². The maximum atomic E-state index is 13.4. The predicted octanol–water partition coefficient (Wildman–Crippen LogP) is 6.09. The van der Waals surface area contributed by atoms with E-state index in [0.717, 1.165) is 28.1 Å². The molecule has 2 heterocycles. The summed E-state index contributed by atoms with van der Waals surface area (Å²) in [5.41, 5.74) is 5.44. The lowest BCUT2D eigenvalue weighted by Crippen LogP contribution is -2.16. The van der Waals surface area contributed by atoms with Crippen molar-refractivity contribution in [3.63, 3.8) is 0 Å². The summed E-state index contributed by atoms with van der Waals surface area (Å²) in [7, 11) is 0. The molecule has 0 bridgehead atoms. The molecule has 0 spiro atoms. The van der Waals surface area contributed by atoms with Crippen molar-refractivity contribution in [1.82, 2.24) is 14.9 Å². The van der Waals surface area contributed by atoms with E-state index in [0.29, 0.717) is 34.3 Å². The van der Waals surface area contributed by atoms with Crippen LogP contribution in [0.1, 0.15) is 49.9 Å². The lowest BCUT2D eigenvalue weighted by molar-refractivity contribution is 0.101. The Morgan fingerprint density at radius 3 is 2.66 bits per heavy atom. The van der Waals surface area contributed by atoms with E-state index >= 15 is 0 Å². The molecule has 0 fully saturated rings. The molecule has 0 saturated heterocycles. The van der Waals surface area contributed by atoms with E-state index in [1.165, 1.54) is 12.1 Å². The summed E-state index contributed by atoms with van der Waals surface area (Å²) in [6.07, 6.45) is 0. The van der Waals surface area contributed by atoms with Crippen molar-refractivity contribution >= 4 is 23.2 Å². The number of carbonyl (C=O) groups excluding carboxylic acids is 1. The normalized spacial score (nSPS) is 11.1. The molecule has 0 atom stereocenters. The number of halogens is 2. The topological polar surface area (TPSA) is 82.2 Å². The van der Waals surface area contributed by atoms with Gasteiger partial charge in [0, 0.05) is 5.02 Å². The van der Waals surface area contributed by atoms with E-state index in [4.69, 9.17) is 20.9 Å². The first-order valence-electron chi connectivity index (χ1n) is 11.1. The van der Waals surface area contributed by atoms with Crippen molar-refractivity contribution in [2.75, 3.05) is 5.32 Å². The third-order valence-electron chi connectivity index (χ3n) is 5.87. The zero-order valence-electron chi connectivity index (χ0n) is 20.2. The Bertz CT molecular complexity index is 1410. The van der Waals surface area contributed by atoms with Gasteiger partial charge < -0.3 is 14.6 Å². The van der Waals surface area contributed by atoms with Gasteiger partial charge in [-0.3, -0.25) is 9.48 Å². The Balaban J connectivity index is 1.53. The number of rotatable bonds is 7. The minimum Gasteiger partial charge on any atom is -0.488 e. The Labute approximate surface area is 207 Å². The molecule has 7 nitrogen and oxygen atoms in total. The summed E-state index contributed by atoms with van der Waals surface area (Å²) in [6.45, 7) is 9.81. The van der Waals surface area contributed by atoms with Crippen LogP contribution in [0.4, 0.5) is 10.1 Å². The van der Waals surface area contributed by atoms with Crippen molar-refractivity contribution in [2.24, 2.45) is 0 Å². The molecule has 0 aliphatic carbocycles. The predicted molar refractivity (Wildman–Crippen MR) is 132 cm³/mol. The van der Waals surface area contributed by atoms with Gasteiger partial charge in [0.2, 0.25) is 0 Å². The first-order valence-corrected chi connectivity index (χ1v) is 11.5. The number of nitrogens with one attached hydrogen (secondary N) is 1. The lowest BCUT2D eigenvalue weighted by Gasteiger charge is -2.11. The fourth-order valence-electron chi connectivity index (χ4n) is 3.77. The second-order valence-electron chi connectivity index (χ2n) is 8.52. The molecule has 4 aromatic rings. The molecule has 35 heavy (non-hydrogen) atoms. The molecule has 0 aliphatic heterocycles. The molecule has 4 rings (SSSR count). The Hall–Kier alpha value is -3.65. The van der Waals surface area contributed by atoms with Crippen LogP contribution in [0.2, 0.25) is 5.02 Å². The van der Waals surface area contributed by atoms with Gasteiger partial charge in [0.05, 0.1) is 29.2 Å². The number of carbonyl (C=O) groups is 1. The monoisotopic (exact) mass is 496 g/mol. The van der Waals surface area contributed by atoms with Crippen LogP contribution in [0.5, 0.6) is 5.75 Å². The number of nitrogens with zero attached hydrogens (tertiary/aromatic N) is 3. The highest BCUT2D eigenvalue weighted by Crippen LogP contribution is 2.26. The summed E-state index contributed by atoms with van der Waals surface area (Å²) in [5, 5.41) is 11.7. The highest BCUT2D eigenvalue weighted by Gasteiger charge is 2.23. The summed E-state index contributed by atoms with van der Waals surface area (Å²) in [5.74, 6) is 0.423. The van der Waals surface area contributed by atoms with Crippen molar-refractivity contribution in [1.29, 1.82) is 0 Å². The molecule has 9 heteroatoms. The fraction of sp³-hybridized carbons (Fsp3) is 0.269. The van der Waals surface area contributed by atoms with Gasteiger partial charge in [-0.2, -0.15) is 5.10 Å². The van der Waals surface area contributed by atoms with Gasteiger partial charge in [0.25, 0.3) is 5.91 Å². The van der Waals surface area contributed by atoms with Gasteiger partial charge in [0.15, 0.2) is 5.69 Å². The molecule has 1 amide bonds. The Morgan fingerprint density at radius 2 is 1.91 bits per heavy atom. The number of aryl methyl sites for hydroxylation is 4. The van der Waals surface area contributed by atoms with Crippen LogP contribution < -0.4 is 10.1 Å². The summed E-state index contributed by atoms with van der Waals surface area (Å²) < 4.78 is 26.4. The highest BCUT2D eigenvalue weighted by atomic mass is 35.5. The van der Waals surface area contributed by atoms with Crippen molar-refractivity contribution in [2.45, 2.75) is 47.8 Å². The van der Waals surface area contributed by atoms with Gasteiger partial charge >= 0.3 is 0 Å². The second kappa shape index (κ2) is 9.92. The van der Waals surface area contributed by atoms with Gasteiger partial charge in [0.1, 0.15) is 23.9 Å². The Morgan fingerprint density at radius 1 is 1.14 bits per heavy atom. The van der Waals surface area contributed by atoms with Gasteiger partial charge in [-0.1, -0.05) is 35.0 Å². The number of hydrogen-bond donors (Lipinski definition) is 1. The highest BCUT2D eigenvalue weighted by molar-refractivity contribution is 6.31. The van der Waals surface area contributed by atoms with Crippen LogP contribution >= 0.6 is 11.6 Å². The summed E-state index contributed by atoms with van der Waals surface area (Å²) >= 11 is 6.17. The standard InChI is InChI=1S/C26H26ClFN4O3/c1-14-6-7-15(2)23(10-14)34-13-21-18(5)35-31-25(21)26(33)29-24-16(3)30-32(17(24)4)12-19-8-9-20(28)11-22(19)27/h6-11H,12-13H2,1-5H3,(H,29,33). The van der Waals surface area contributed by atoms with Crippen LogP contribution in [0, 0.1) is 40.4 Å². The number of benzene rings is 2. The lowest BCUT2D eigenvalue weighted by atomic mass is 10.1. The summed E-state index contributed by atoms with van der Waals surface area (Å²) in [4.78, 5) is 13.2. The minimum atomic E-state index is -0.424. The zero-order valence-corrected chi connectivity index (χ0v) is 21.0. The number of anilines is 1. The minimum absolute atomic E-state index is 0.142. The second-order valence-corrected chi connectivity index (χ2v) is 8.92. The smallest absolute Gasteiger partial charge is 0.278 e. The number of amides is 1. The molecule has 0 unspecified atom stereocenters. The molecular weight excluding hydrogens is 471 g/mol. The van der Waals surface area contributed by atoms with E-state index < -0.39 is 11.7 Å². The SMILES string of the molecule is Cc1ccc(C)c(OCc2c(C(=O)Nc3c(C)nn(Cc4ccc(F)cc4Cl)c3C)noc2C)c1. The van der Waals surface area contributed by atoms with Gasteiger partial charge in [-0.25, -0.2) is 4.39 Å². The molecular formula is C26H26ClFN4O3. The van der Waals surface area contributed by atoms with E-state index in [1.54, 1.807) is 24.6 Å². The van der Waals surface area contributed by atoms with Crippen LogP contribution in [-0.2, 0) is 13.2 Å². The van der Waals surface area contributed by atoms with Crippen molar-refractivity contribution in [3.05, 3.63) is 92.3 Å². The molecule has 1 N–H and O–H groups in total. The van der Waals surface area contributed by atoms with E-state index in [9.17, 15) is 9.18 Å². The Kier molecular flexibility index (Phi) is 6.93. The molecule has 2 aromatic heterocycles. The number of aromatic nitrogens is 3. The van der Waals surface area contributed by atoms with Gasteiger partial charge in [-0.05, 0) is 69.5 Å². The van der Waals surface area contributed by atoms with E-state index in [-0.39, 0.29) is 12.3 Å². The molecule has 182 valence electrons. The van der Waals surface area contributed by atoms with E-state index in [1.807, 2.05) is 39.0 Å². The average Bonchev–Trinajstić information content (AvgIpc) is 3.30.